The Morgan fingerprint density at radius 3 is 2.42 bits per heavy atom. The van der Waals surface area contributed by atoms with Crippen molar-refractivity contribution in [3.63, 3.8) is 0 Å². The number of rotatable bonds is 5. The molecule has 102 valence electrons. The molecule has 0 spiro atoms. The van der Waals surface area contributed by atoms with Crippen molar-refractivity contribution in [3.05, 3.63) is 53.3 Å². The first kappa shape index (κ1) is 13.8. The Kier molecular flexibility index (Phi) is 4.05. The van der Waals surface area contributed by atoms with Crippen LogP contribution in [0, 0.1) is 0 Å². The molecule has 0 aliphatic carbocycles. The lowest BCUT2D eigenvalue weighted by atomic mass is 9.86. The Morgan fingerprint density at radius 1 is 1.21 bits per heavy atom. The molecule has 3 heteroatoms. The molecule has 0 saturated heterocycles. The summed E-state index contributed by atoms with van der Waals surface area (Å²) >= 11 is 0. The minimum absolute atomic E-state index is 0.594. The first-order chi connectivity index (χ1) is 9.09. The zero-order valence-electron chi connectivity index (χ0n) is 11.9. The van der Waals surface area contributed by atoms with Gasteiger partial charge in [-0.25, -0.2) is 0 Å². The number of aliphatic hydroxyl groups is 1. The van der Waals surface area contributed by atoms with Gasteiger partial charge in [0.15, 0.2) is 0 Å². The Balaban J connectivity index is 2.30. The Labute approximate surface area is 114 Å². The van der Waals surface area contributed by atoms with Crippen LogP contribution in [-0.4, -0.2) is 14.9 Å². The molecule has 0 aliphatic rings. The smallest absolute Gasteiger partial charge is 0.0949 e. The van der Waals surface area contributed by atoms with E-state index in [-0.39, 0.29) is 0 Å². The topological polar surface area (TPSA) is 38.0 Å². The van der Waals surface area contributed by atoms with Crippen LogP contribution in [0.2, 0.25) is 0 Å². The molecule has 19 heavy (non-hydrogen) atoms. The molecule has 2 aromatic rings. The second-order valence-electron chi connectivity index (χ2n) is 5.03. The third-order valence-corrected chi connectivity index (χ3v) is 3.76. The standard InChI is InChI=1S/C16H22N2O/c1-4-14-11-15(18(3)17-14)12-16(19,5-2)13-9-7-6-8-10-13/h6-11,19H,4-5,12H2,1-3H3. The molecule has 2 rings (SSSR count). The van der Waals surface area contributed by atoms with E-state index >= 15 is 0 Å². The summed E-state index contributed by atoms with van der Waals surface area (Å²) < 4.78 is 1.88. The highest BCUT2D eigenvalue weighted by Gasteiger charge is 2.28. The van der Waals surface area contributed by atoms with E-state index < -0.39 is 5.60 Å². The molecular weight excluding hydrogens is 236 g/mol. The van der Waals surface area contributed by atoms with Crippen molar-refractivity contribution in [1.82, 2.24) is 9.78 Å². The van der Waals surface area contributed by atoms with Crippen LogP contribution in [0.1, 0.15) is 37.2 Å². The number of aryl methyl sites for hydroxylation is 2. The van der Waals surface area contributed by atoms with Gasteiger partial charge in [-0.1, -0.05) is 44.2 Å². The van der Waals surface area contributed by atoms with E-state index in [9.17, 15) is 5.11 Å². The maximum atomic E-state index is 10.9. The van der Waals surface area contributed by atoms with Crippen molar-refractivity contribution in [1.29, 1.82) is 0 Å². The van der Waals surface area contributed by atoms with E-state index in [1.165, 1.54) is 0 Å². The molecule has 1 aromatic heterocycles. The van der Waals surface area contributed by atoms with Gasteiger partial charge in [-0.15, -0.1) is 0 Å². The van der Waals surface area contributed by atoms with Crippen molar-refractivity contribution in [2.45, 2.75) is 38.7 Å². The second-order valence-corrected chi connectivity index (χ2v) is 5.03. The predicted octanol–water partition coefficient (Wildman–Crippen LogP) is 2.82. The zero-order chi connectivity index (χ0) is 13.9. The van der Waals surface area contributed by atoms with Gasteiger partial charge in [-0.2, -0.15) is 5.10 Å². The summed E-state index contributed by atoms with van der Waals surface area (Å²) in [6.07, 6.45) is 2.20. The number of benzene rings is 1. The monoisotopic (exact) mass is 258 g/mol. The van der Waals surface area contributed by atoms with Gasteiger partial charge in [0.2, 0.25) is 0 Å². The SMILES string of the molecule is CCc1cc(CC(O)(CC)c2ccccc2)n(C)n1. The van der Waals surface area contributed by atoms with Crippen LogP contribution in [0.5, 0.6) is 0 Å². The van der Waals surface area contributed by atoms with Crippen LogP contribution in [0.25, 0.3) is 0 Å². The van der Waals surface area contributed by atoms with Gasteiger partial charge in [0.05, 0.1) is 11.3 Å². The van der Waals surface area contributed by atoms with Gasteiger partial charge in [0, 0.05) is 19.2 Å². The van der Waals surface area contributed by atoms with Crippen molar-refractivity contribution in [2.75, 3.05) is 0 Å². The van der Waals surface area contributed by atoms with Crippen LogP contribution < -0.4 is 0 Å². The maximum Gasteiger partial charge on any atom is 0.0949 e. The fraction of sp³-hybridized carbons (Fsp3) is 0.438. The van der Waals surface area contributed by atoms with Gasteiger partial charge < -0.3 is 5.11 Å². The Hall–Kier alpha value is -1.61. The summed E-state index contributed by atoms with van der Waals surface area (Å²) in [6.45, 7) is 4.11. The lowest BCUT2D eigenvalue weighted by molar-refractivity contribution is 0.0309. The molecule has 0 aliphatic heterocycles. The minimum atomic E-state index is -0.819. The van der Waals surface area contributed by atoms with Crippen molar-refractivity contribution in [2.24, 2.45) is 7.05 Å². The molecule has 1 unspecified atom stereocenters. The van der Waals surface area contributed by atoms with Crippen LogP contribution in [0.4, 0.5) is 0 Å². The number of hydrogen-bond acceptors (Lipinski definition) is 2. The van der Waals surface area contributed by atoms with Gasteiger partial charge >= 0.3 is 0 Å². The minimum Gasteiger partial charge on any atom is -0.385 e. The van der Waals surface area contributed by atoms with E-state index in [1.54, 1.807) is 0 Å². The molecule has 0 fully saturated rings. The summed E-state index contributed by atoms with van der Waals surface area (Å²) in [5.41, 5.74) is 2.30. The van der Waals surface area contributed by atoms with E-state index in [0.29, 0.717) is 12.8 Å². The summed E-state index contributed by atoms with van der Waals surface area (Å²) in [7, 11) is 1.94. The second kappa shape index (κ2) is 5.57. The lowest BCUT2D eigenvalue weighted by Gasteiger charge is -2.27. The quantitative estimate of drug-likeness (QED) is 0.895. The zero-order valence-corrected chi connectivity index (χ0v) is 11.9. The lowest BCUT2D eigenvalue weighted by Crippen LogP contribution is -2.28. The van der Waals surface area contributed by atoms with E-state index in [4.69, 9.17) is 0 Å². The molecule has 0 saturated carbocycles. The third-order valence-electron chi connectivity index (χ3n) is 3.76. The molecular formula is C16H22N2O. The van der Waals surface area contributed by atoms with E-state index in [0.717, 1.165) is 23.4 Å². The van der Waals surface area contributed by atoms with Gasteiger partial charge in [0.25, 0.3) is 0 Å². The van der Waals surface area contributed by atoms with Crippen molar-refractivity contribution >= 4 is 0 Å². The van der Waals surface area contributed by atoms with Gasteiger partial charge in [-0.05, 0) is 24.5 Å². The van der Waals surface area contributed by atoms with Crippen molar-refractivity contribution < 1.29 is 5.11 Å². The van der Waals surface area contributed by atoms with E-state index in [1.807, 2.05) is 49.0 Å². The van der Waals surface area contributed by atoms with Crippen LogP contribution >= 0.6 is 0 Å². The van der Waals surface area contributed by atoms with Gasteiger partial charge in [-0.3, -0.25) is 4.68 Å². The fourth-order valence-electron chi connectivity index (χ4n) is 2.39. The fourth-order valence-corrected chi connectivity index (χ4v) is 2.39. The van der Waals surface area contributed by atoms with Gasteiger partial charge in [0.1, 0.15) is 0 Å². The molecule has 1 aromatic carbocycles. The Morgan fingerprint density at radius 2 is 1.89 bits per heavy atom. The summed E-state index contributed by atoms with van der Waals surface area (Å²) in [4.78, 5) is 0. The van der Waals surface area contributed by atoms with Crippen LogP contribution in [-0.2, 0) is 25.5 Å². The normalized spacial score (nSPS) is 14.3. The van der Waals surface area contributed by atoms with Crippen LogP contribution in [0.15, 0.2) is 36.4 Å². The highest BCUT2D eigenvalue weighted by Crippen LogP contribution is 2.29. The summed E-state index contributed by atoms with van der Waals surface area (Å²) in [5.74, 6) is 0. The number of aromatic nitrogens is 2. The highest BCUT2D eigenvalue weighted by molar-refractivity contribution is 5.25. The first-order valence-electron chi connectivity index (χ1n) is 6.88. The first-order valence-corrected chi connectivity index (χ1v) is 6.88. The summed E-state index contributed by atoms with van der Waals surface area (Å²) in [6, 6.07) is 12.0. The molecule has 0 amide bonds. The molecule has 0 radical (unpaired) electrons. The molecule has 3 nitrogen and oxygen atoms in total. The third kappa shape index (κ3) is 2.87. The average molecular weight is 258 g/mol. The van der Waals surface area contributed by atoms with Crippen LogP contribution in [0.3, 0.4) is 0 Å². The molecule has 1 N–H and O–H groups in total. The molecule has 1 heterocycles. The summed E-state index contributed by atoms with van der Waals surface area (Å²) in [5, 5.41) is 15.4. The molecule has 1 atom stereocenters. The van der Waals surface area contributed by atoms with E-state index in [2.05, 4.69) is 18.1 Å². The number of hydrogen-bond donors (Lipinski definition) is 1. The number of nitrogens with zero attached hydrogens (tertiary/aromatic N) is 2. The average Bonchev–Trinajstić information content (AvgIpc) is 2.80. The largest absolute Gasteiger partial charge is 0.385 e. The molecule has 0 bridgehead atoms. The van der Waals surface area contributed by atoms with Crippen molar-refractivity contribution in [3.8, 4) is 0 Å². The highest BCUT2D eigenvalue weighted by atomic mass is 16.3. The predicted molar refractivity (Wildman–Crippen MR) is 76.9 cm³/mol. The maximum absolute atomic E-state index is 10.9. The Bertz CT molecular complexity index is 533.